The van der Waals surface area contributed by atoms with Gasteiger partial charge in [-0.25, -0.2) is 0 Å². The summed E-state index contributed by atoms with van der Waals surface area (Å²) in [6, 6.07) is 6.62. The average molecular weight is 291 g/mol. The topological polar surface area (TPSA) is 27.7 Å². The Morgan fingerprint density at radius 1 is 1.19 bits per heavy atom. The predicted molar refractivity (Wildman–Crippen MR) is 89.3 cm³/mol. The van der Waals surface area contributed by atoms with E-state index in [0.717, 1.165) is 45.0 Å². The van der Waals surface area contributed by atoms with Gasteiger partial charge in [0.15, 0.2) is 0 Å². The maximum Gasteiger partial charge on any atom is 0.143 e. The predicted octanol–water partition coefficient (Wildman–Crippen LogP) is 2.34. The second kappa shape index (κ2) is 7.66. The van der Waals surface area contributed by atoms with E-state index in [2.05, 4.69) is 61.1 Å². The highest BCUT2D eigenvalue weighted by molar-refractivity contribution is 5.60. The maximum atomic E-state index is 6.06. The van der Waals surface area contributed by atoms with Crippen LogP contribution in [0.4, 0.5) is 5.69 Å². The Morgan fingerprint density at radius 3 is 2.52 bits per heavy atom. The van der Waals surface area contributed by atoms with Crippen molar-refractivity contribution in [3.8, 4) is 5.75 Å². The van der Waals surface area contributed by atoms with Crippen LogP contribution in [0.3, 0.4) is 0 Å². The van der Waals surface area contributed by atoms with Gasteiger partial charge in [0, 0.05) is 32.7 Å². The Morgan fingerprint density at radius 2 is 1.90 bits per heavy atom. The van der Waals surface area contributed by atoms with Crippen LogP contribution in [0.25, 0.3) is 0 Å². The van der Waals surface area contributed by atoms with E-state index >= 15 is 0 Å². The third-order valence-electron chi connectivity index (χ3n) is 3.81. The highest BCUT2D eigenvalue weighted by atomic mass is 16.5. The molecule has 1 heterocycles. The van der Waals surface area contributed by atoms with E-state index in [-0.39, 0.29) is 6.10 Å². The molecule has 0 bridgehead atoms. The Balaban J connectivity index is 2.18. The number of nitrogens with zero attached hydrogens (tertiary/aromatic N) is 2. The molecule has 0 spiro atoms. The number of hydrogen-bond donors (Lipinski definition) is 1. The molecule has 0 aromatic heterocycles. The van der Waals surface area contributed by atoms with E-state index in [1.165, 1.54) is 11.3 Å². The summed E-state index contributed by atoms with van der Waals surface area (Å²) in [7, 11) is 2.18. The summed E-state index contributed by atoms with van der Waals surface area (Å²) in [6.07, 6.45) is 0.200. The lowest BCUT2D eigenvalue weighted by atomic mass is 10.1. The fourth-order valence-corrected chi connectivity index (χ4v) is 2.59. The van der Waals surface area contributed by atoms with Gasteiger partial charge in [-0.05, 0) is 45.1 Å². The maximum absolute atomic E-state index is 6.06. The first-order chi connectivity index (χ1) is 10.1. The summed E-state index contributed by atoms with van der Waals surface area (Å²) in [4.78, 5) is 4.81. The standard InChI is InChI=1S/C17H29N3O/c1-5-18-13-15-6-7-16(17(12-15)21-14(2)3)20-10-8-19(4)9-11-20/h6-7,12,14,18H,5,8-11,13H2,1-4H3. The van der Waals surface area contributed by atoms with Gasteiger partial charge >= 0.3 is 0 Å². The number of hydrogen-bond acceptors (Lipinski definition) is 4. The van der Waals surface area contributed by atoms with Gasteiger partial charge in [-0.2, -0.15) is 0 Å². The zero-order valence-corrected chi connectivity index (χ0v) is 13.9. The molecule has 1 aliphatic rings. The largest absolute Gasteiger partial charge is 0.489 e. The molecule has 4 nitrogen and oxygen atoms in total. The summed E-state index contributed by atoms with van der Waals surface area (Å²) in [5.41, 5.74) is 2.52. The number of rotatable bonds is 6. The SMILES string of the molecule is CCNCc1ccc(N2CCN(C)CC2)c(OC(C)C)c1. The van der Waals surface area contributed by atoms with E-state index < -0.39 is 0 Å². The lowest BCUT2D eigenvalue weighted by Gasteiger charge is -2.35. The Bertz CT molecular complexity index is 440. The molecular weight excluding hydrogens is 262 g/mol. The molecule has 0 amide bonds. The number of anilines is 1. The van der Waals surface area contributed by atoms with Gasteiger partial charge in [0.2, 0.25) is 0 Å². The van der Waals surface area contributed by atoms with Gasteiger partial charge in [-0.3, -0.25) is 0 Å². The Hall–Kier alpha value is -1.26. The van der Waals surface area contributed by atoms with Crippen molar-refractivity contribution in [2.45, 2.75) is 33.4 Å². The number of ether oxygens (including phenoxy) is 1. The number of nitrogens with one attached hydrogen (secondary N) is 1. The number of likely N-dealkylation sites (N-methyl/N-ethyl adjacent to an activating group) is 1. The smallest absolute Gasteiger partial charge is 0.143 e. The van der Waals surface area contributed by atoms with Crippen LogP contribution in [0.15, 0.2) is 18.2 Å². The molecule has 1 aromatic carbocycles. The van der Waals surface area contributed by atoms with Crippen molar-refractivity contribution in [2.24, 2.45) is 0 Å². The molecule has 0 unspecified atom stereocenters. The molecule has 0 radical (unpaired) electrons. The van der Waals surface area contributed by atoms with Crippen molar-refractivity contribution in [2.75, 3.05) is 44.7 Å². The lowest BCUT2D eigenvalue weighted by Crippen LogP contribution is -2.44. The molecule has 0 atom stereocenters. The molecule has 4 heteroatoms. The summed E-state index contributed by atoms with van der Waals surface area (Å²) in [6.45, 7) is 12.5. The third kappa shape index (κ3) is 4.61. The van der Waals surface area contributed by atoms with Crippen molar-refractivity contribution in [1.82, 2.24) is 10.2 Å². The van der Waals surface area contributed by atoms with Crippen molar-refractivity contribution in [1.29, 1.82) is 0 Å². The summed E-state index contributed by atoms with van der Waals surface area (Å²) in [5, 5.41) is 3.37. The Kier molecular flexibility index (Phi) is 5.88. The molecule has 0 saturated carbocycles. The second-order valence-corrected chi connectivity index (χ2v) is 6.04. The van der Waals surface area contributed by atoms with Crippen LogP contribution in [-0.2, 0) is 6.54 Å². The van der Waals surface area contributed by atoms with Gasteiger partial charge in [-0.15, -0.1) is 0 Å². The molecule has 0 aliphatic carbocycles. The highest BCUT2D eigenvalue weighted by Crippen LogP contribution is 2.31. The molecule has 21 heavy (non-hydrogen) atoms. The van der Waals surface area contributed by atoms with Crippen molar-refractivity contribution in [3.05, 3.63) is 23.8 Å². The number of benzene rings is 1. The van der Waals surface area contributed by atoms with Crippen LogP contribution >= 0.6 is 0 Å². The van der Waals surface area contributed by atoms with Gasteiger partial charge in [0.25, 0.3) is 0 Å². The van der Waals surface area contributed by atoms with E-state index in [9.17, 15) is 0 Å². The normalized spacial score (nSPS) is 16.5. The fraction of sp³-hybridized carbons (Fsp3) is 0.647. The number of piperazine rings is 1. The van der Waals surface area contributed by atoms with Crippen molar-refractivity contribution < 1.29 is 4.74 Å². The van der Waals surface area contributed by atoms with Gasteiger partial charge in [0.1, 0.15) is 5.75 Å². The zero-order chi connectivity index (χ0) is 15.2. The molecule has 1 aromatic rings. The Labute approximate surface area is 129 Å². The van der Waals surface area contributed by atoms with Crippen LogP contribution in [0.1, 0.15) is 26.3 Å². The summed E-state index contributed by atoms with van der Waals surface area (Å²) < 4.78 is 6.06. The van der Waals surface area contributed by atoms with E-state index in [4.69, 9.17) is 4.74 Å². The molecule has 1 N–H and O–H groups in total. The molecule has 2 rings (SSSR count). The monoisotopic (exact) mass is 291 g/mol. The average Bonchev–Trinajstić information content (AvgIpc) is 2.46. The minimum atomic E-state index is 0.200. The van der Waals surface area contributed by atoms with Gasteiger partial charge in [-0.1, -0.05) is 13.0 Å². The molecule has 1 saturated heterocycles. The van der Waals surface area contributed by atoms with Crippen LogP contribution in [0, 0.1) is 0 Å². The van der Waals surface area contributed by atoms with Crippen LogP contribution in [-0.4, -0.2) is 50.8 Å². The van der Waals surface area contributed by atoms with Crippen molar-refractivity contribution >= 4 is 5.69 Å². The lowest BCUT2D eigenvalue weighted by molar-refractivity contribution is 0.241. The minimum Gasteiger partial charge on any atom is -0.489 e. The highest BCUT2D eigenvalue weighted by Gasteiger charge is 2.18. The zero-order valence-electron chi connectivity index (χ0n) is 13.9. The summed E-state index contributed by atoms with van der Waals surface area (Å²) in [5.74, 6) is 1.02. The van der Waals surface area contributed by atoms with E-state index in [0.29, 0.717) is 0 Å². The first-order valence-electron chi connectivity index (χ1n) is 8.04. The first-order valence-corrected chi connectivity index (χ1v) is 8.04. The third-order valence-corrected chi connectivity index (χ3v) is 3.81. The van der Waals surface area contributed by atoms with E-state index in [1.54, 1.807) is 0 Å². The minimum absolute atomic E-state index is 0.200. The molecule has 1 fully saturated rings. The second-order valence-electron chi connectivity index (χ2n) is 6.04. The van der Waals surface area contributed by atoms with E-state index in [1.807, 2.05) is 0 Å². The molecular formula is C17H29N3O. The summed E-state index contributed by atoms with van der Waals surface area (Å²) >= 11 is 0. The van der Waals surface area contributed by atoms with Crippen LogP contribution in [0.5, 0.6) is 5.75 Å². The van der Waals surface area contributed by atoms with Gasteiger partial charge < -0.3 is 19.9 Å². The quantitative estimate of drug-likeness (QED) is 0.870. The molecule has 118 valence electrons. The van der Waals surface area contributed by atoms with Crippen LogP contribution < -0.4 is 15.0 Å². The molecule has 1 aliphatic heterocycles. The van der Waals surface area contributed by atoms with Crippen LogP contribution in [0.2, 0.25) is 0 Å². The fourth-order valence-electron chi connectivity index (χ4n) is 2.59. The first kappa shape index (κ1) is 16.1. The van der Waals surface area contributed by atoms with Crippen molar-refractivity contribution in [3.63, 3.8) is 0 Å². The van der Waals surface area contributed by atoms with Gasteiger partial charge in [0.05, 0.1) is 11.8 Å².